The second-order valence-electron chi connectivity index (χ2n) is 13.0. The molecule has 0 heterocycles. The molecule has 272 valence electrons. The Morgan fingerprint density at radius 3 is 1.81 bits per heavy atom. The predicted octanol–water partition coefficient (Wildman–Crippen LogP) is 2.67. The molecule has 4 aromatic carbocycles. The van der Waals surface area contributed by atoms with Gasteiger partial charge < -0.3 is 35.8 Å². The summed E-state index contributed by atoms with van der Waals surface area (Å²) in [4.78, 5) is 54.6. The first-order valence-corrected chi connectivity index (χ1v) is 17.4. The van der Waals surface area contributed by atoms with Crippen molar-refractivity contribution in [3.63, 3.8) is 0 Å². The molecule has 4 amide bonds. The average molecular weight is 707 g/mol. The molecule has 11 heteroatoms. The fourth-order valence-corrected chi connectivity index (χ4v) is 6.33. The van der Waals surface area contributed by atoms with Crippen molar-refractivity contribution < 1.29 is 33.8 Å². The molecule has 0 fully saturated rings. The van der Waals surface area contributed by atoms with Gasteiger partial charge in [0.05, 0.1) is 19.8 Å². The van der Waals surface area contributed by atoms with Gasteiger partial charge in [0.15, 0.2) is 6.10 Å². The summed E-state index contributed by atoms with van der Waals surface area (Å²) in [7, 11) is 2.98. The molecule has 0 saturated carbocycles. The van der Waals surface area contributed by atoms with E-state index in [2.05, 4.69) is 21.3 Å². The number of methoxy groups -OCH3 is 2. The van der Waals surface area contributed by atoms with Crippen molar-refractivity contribution in [2.24, 2.45) is 5.92 Å². The molecular formula is C41H46N4O7. The zero-order valence-corrected chi connectivity index (χ0v) is 29.4. The Morgan fingerprint density at radius 2 is 1.21 bits per heavy atom. The van der Waals surface area contributed by atoms with E-state index in [-0.39, 0.29) is 37.8 Å². The number of hydrogen-bond acceptors (Lipinski definition) is 7. The maximum Gasteiger partial charge on any atom is 0.251 e. The second kappa shape index (κ2) is 18.6. The van der Waals surface area contributed by atoms with Gasteiger partial charge in [-0.05, 0) is 59.2 Å². The van der Waals surface area contributed by atoms with Crippen LogP contribution in [-0.4, -0.2) is 73.8 Å². The van der Waals surface area contributed by atoms with E-state index in [9.17, 15) is 24.3 Å². The average Bonchev–Trinajstić information content (AvgIpc) is 3.62. The number of nitrogens with one attached hydrogen (secondary N) is 4. The van der Waals surface area contributed by atoms with Crippen LogP contribution in [0.1, 0.15) is 27.8 Å². The number of aliphatic hydroxyl groups is 1. The van der Waals surface area contributed by atoms with Gasteiger partial charge in [0.1, 0.15) is 17.8 Å². The number of amides is 4. The molecule has 0 spiro atoms. The van der Waals surface area contributed by atoms with Crippen molar-refractivity contribution in [2.75, 3.05) is 20.8 Å². The SMILES string of the molecule is COC[C@H](NC(=O)C1Cc2ccccc2C1)C(=O)N[C@@H](Cc1ccc(OC)cc1)C(=O)N[C@@H](Cc1ccccc1)C(O)C(=O)NCc1ccccc1. The van der Waals surface area contributed by atoms with Gasteiger partial charge in [-0.15, -0.1) is 0 Å². The lowest BCUT2D eigenvalue weighted by Crippen LogP contribution is -2.59. The number of hydrogen-bond donors (Lipinski definition) is 5. The minimum absolute atomic E-state index is 0.0709. The monoisotopic (exact) mass is 706 g/mol. The molecule has 5 N–H and O–H groups in total. The summed E-state index contributed by atoms with van der Waals surface area (Å²) in [6, 6.07) is 30.1. The first-order chi connectivity index (χ1) is 25.2. The lowest BCUT2D eigenvalue weighted by atomic mass is 9.98. The Kier molecular flexibility index (Phi) is 13.5. The van der Waals surface area contributed by atoms with Crippen LogP contribution in [0.4, 0.5) is 0 Å². The fourth-order valence-electron chi connectivity index (χ4n) is 6.33. The van der Waals surface area contributed by atoms with E-state index in [0.29, 0.717) is 18.6 Å². The summed E-state index contributed by atoms with van der Waals surface area (Å²) in [6.45, 7) is 0.0729. The first kappa shape index (κ1) is 37.7. The molecule has 11 nitrogen and oxygen atoms in total. The van der Waals surface area contributed by atoms with E-state index in [1.165, 1.54) is 7.11 Å². The van der Waals surface area contributed by atoms with Gasteiger partial charge in [0.2, 0.25) is 17.7 Å². The van der Waals surface area contributed by atoms with Crippen molar-refractivity contribution in [3.05, 3.63) is 137 Å². The largest absolute Gasteiger partial charge is 0.497 e. The van der Waals surface area contributed by atoms with Crippen LogP contribution in [-0.2, 0) is 56.1 Å². The molecule has 4 aromatic rings. The summed E-state index contributed by atoms with van der Waals surface area (Å²) < 4.78 is 10.6. The Labute approximate surface area is 304 Å². The maximum absolute atomic E-state index is 14.1. The van der Waals surface area contributed by atoms with Crippen LogP contribution in [0.15, 0.2) is 109 Å². The molecule has 0 saturated heterocycles. The van der Waals surface area contributed by atoms with Gasteiger partial charge in [-0.2, -0.15) is 0 Å². The topological polar surface area (TPSA) is 155 Å². The Morgan fingerprint density at radius 1 is 0.654 bits per heavy atom. The van der Waals surface area contributed by atoms with E-state index in [1.54, 1.807) is 31.4 Å². The smallest absolute Gasteiger partial charge is 0.251 e. The molecule has 4 atom stereocenters. The highest BCUT2D eigenvalue weighted by molar-refractivity contribution is 5.93. The van der Waals surface area contributed by atoms with Crippen molar-refractivity contribution in [3.8, 4) is 5.75 Å². The van der Waals surface area contributed by atoms with Crippen molar-refractivity contribution in [1.82, 2.24) is 21.3 Å². The Balaban J connectivity index is 1.33. The molecule has 1 unspecified atom stereocenters. The van der Waals surface area contributed by atoms with Crippen molar-refractivity contribution in [2.45, 2.75) is 56.5 Å². The molecule has 0 bridgehead atoms. The third-order valence-electron chi connectivity index (χ3n) is 9.21. The van der Waals surface area contributed by atoms with E-state index in [0.717, 1.165) is 27.8 Å². The highest BCUT2D eigenvalue weighted by Crippen LogP contribution is 2.26. The third kappa shape index (κ3) is 10.5. The van der Waals surface area contributed by atoms with Crippen LogP contribution in [0, 0.1) is 5.92 Å². The molecule has 52 heavy (non-hydrogen) atoms. The Hall–Kier alpha value is -5.52. The fraction of sp³-hybridized carbons (Fsp3) is 0.317. The molecule has 5 rings (SSSR count). The highest BCUT2D eigenvalue weighted by Gasteiger charge is 2.34. The zero-order valence-electron chi connectivity index (χ0n) is 29.4. The highest BCUT2D eigenvalue weighted by atomic mass is 16.5. The van der Waals surface area contributed by atoms with Crippen LogP contribution in [0.2, 0.25) is 0 Å². The van der Waals surface area contributed by atoms with Crippen molar-refractivity contribution >= 4 is 23.6 Å². The zero-order chi connectivity index (χ0) is 36.9. The molecule has 0 aliphatic heterocycles. The number of aliphatic hydroxyl groups excluding tert-OH is 1. The lowest BCUT2D eigenvalue weighted by Gasteiger charge is -2.28. The van der Waals surface area contributed by atoms with Crippen LogP contribution < -0.4 is 26.0 Å². The van der Waals surface area contributed by atoms with Gasteiger partial charge in [-0.25, -0.2) is 0 Å². The minimum Gasteiger partial charge on any atom is -0.497 e. The van der Waals surface area contributed by atoms with Crippen LogP contribution in [0.5, 0.6) is 5.75 Å². The second-order valence-corrected chi connectivity index (χ2v) is 13.0. The number of carbonyl (C=O) groups is 4. The van der Waals surface area contributed by atoms with E-state index >= 15 is 0 Å². The summed E-state index contributed by atoms with van der Waals surface area (Å²) >= 11 is 0. The van der Waals surface area contributed by atoms with Crippen LogP contribution >= 0.6 is 0 Å². The number of benzene rings is 4. The van der Waals surface area contributed by atoms with Gasteiger partial charge in [-0.1, -0.05) is 97.1 Å². The molecule has 0 aromatic heterocycles. The quantitative estimate of drug-likeness (QED) is 0.113. The predicted molar refractivity (Wildman–Crippen MR) is 196 cm³/mol. The molecule has 1 aliphatic carbocycles. The number of rotatable bonds is 17. The molecular weight excluding hydrogens is 660 g/mol. The van der Waals surface area contributed by atoms with Gasteiger partial charge in [-0.3, -0.25) is 19.2 Å². The van der Waals surface area contributed by atoms with Gasteiger partial charge in [0, 0.05) is 26.0 Å². The lowest BCUT2D eigenvalue weighted by molar-refractivity contribution is -0.135. The van der Waals surface area contributed by atoms with E-state index < -0.39 is 42.0 Å². The molecule has 0 radical (unpaired) electrons. The summed E-state index contributed by atoms with van der Waals surface area (Å²) in [5, 5.41) is 22.6. The summed E-state index contributed by atoms with van der Waals surface area (Å²) in [5.41, 5.74) is 4.57. The molecule has 1 aliphatic rings. The first-order valence-electron chi connectivity index (χ1n) is 17.4. The van der Waals surface area contributed by atoms with Crippen LogP contribution in [0.25, 0.3) is 0 Å². The van der Waals surface area contributed by atoms with E-state index in [4.69, 9.17) is 9.47 Å². The summed E-state index contributed by atoms with van der Waals surface area (Å²) in [5.74, 6) is -1.88. The maximum atomic E-state index is 14.1. The standard InChI is InChI=1S/C41H46N4O7/c1-51-26-36(45-38(47)32-23-30-15-9-10-16-31(30)24-32)40(49)44-35(22-28-17-19-33(52-2)20-18-28)39(48)43-34(21-27-11-5-3-6-12-27)37(46)41(50)42-25-29-13-7-4-8-14-29/h3-20,32,34-37,46H,21-26H2,1-2H3,(H,42,50)(H,43,48)(H,44,49)(H,45,47)/t34-,35-,36-,37?/m0/s1. The van der Waals surface area contributed by atoms with Crippen LogP contribution in [0.3, 0.4) is 0 Å². The minimum atomic E-state index is -1.61. The Bertz CT molecular complexity index is 1760. The number of ether oxygens (including phenoxy) is 2. The number of carbonyl (C=O) groups excluding carboxylic acids is 4. The summed E-state index contributed by atoms with van der Waals surface area (Å²) in [6.07, 6.45) is -0.268. The van der Waals surface area contributed by atoms with Gasteiger partial charge in [0.25, 0.3) is 5.91 Å². The van der Waals surface area contributed by atoms with Gasteiger partial charge >= 0.3 is 0 Å². The van der Waals surface area contributed by atoms with Crippen molar-refractivity contribution in [1.29, 1.82) is 0 Å². The van der Waals surface area contributed by atoms with E-state index in [1.807, 2.05) is 84.9 Å². The third-order valence-corrected chi connectivity index (χ3v) is 9.21. The number of fused-ring (bicyclic) bond motifs is 1. The normalized spacial score (nSPS) is 14.6.